The number of aromatic nitrogens is 2. The van der Waals surface area contributed by atoms with E-state index in [1.54, 1.807) is 6.20 Å². The molecule has 2 rings (SSSR count). The maximum atomic E-state index is 4.00. The lowest BCUT2D eigenvalue weighted by Gasteiger charge is -2.01. The normalized spacial score (nSPS) is 9.85. The Balaban J connectivity index is 2.34. The minimum absolute atomic E-state index is 0.964. The second-order valence-electron chi connectivity index (χ2n) is 2.81. The van der Waals surface area contributed by atoms with E-state index in [4.69, 9.17) is 0 Å². The molecule has 1 N–H and O–H groups in total. The summed E-state index contributed by atoms with van der Waals surface area (Å²) >= 11 is 0. The van der Waals surface area contributed by atoms with E-state index in [-0.39, 0.29) is 0 Å². The van der Waals surface area contributed by atoms with Crippen LogP contribution in [0.25, 0.3) is 5.57 Å². The molecule has 0 amide bonds. The zero-order chi connectivity index (χ0) is 9.10. The van der Waals surface area contributed by atoms with Crippen molar-refractivity contribution < 1.29 is 0 Å². The van der Waals surface area contributed by atoms with Gasteiger partial charge in [-0.05, 0) is 17.2 Å². The van der Waals surface area contributed by atoms with Crippen LogP contribution >= 0.6 is 0 Å². The second-order valence-corrected chi connectivity index (χ2v) is 2.81. The summed E-state index contributed by atoms with van der Waals surface area (Å²) in [6, 6.07) is 12.0. The van der Waals surface area contributed by atoms with E-state index in [1.807, 2.05) is 36.4 Å². The minimum atomic E-state index is 0.964. The Morgan fingerprint density at radius 1 is 1.15 bits per heavy atom. The van der Waals surface area contributed by atoms with Crippen LogP contribution in [0, 0.1) is 0 Å². The maximum Gasteiger partial charge on any atom is 0.0650 e. The molecule has 2 nitrogen and oxygen atoms in total. The van der Waals surface area contributed by atoms with E-state index in [0.29, 0.717) is 0 Å². The van der Waals surface area contributed by atoms with Gasteiger partial charge in [0.05, 0.1) is 5.69 Å². The fraction of sp³-hybridized carbons (Fsp3) is 0. The van der Waals surface area contributed by atoms with Crippen molar-refractivity contribution in [3.05, 3.63) is 60.4 Å². The van der Waals surface area contributed by atoms with Gasteiger partial charge in [-0.1, -0.05) is 36.9 Å². The molecule has 0 aliphatic heterocycles. The predicted octanol–water partition coefficient (Wildman–Crippen LogP) is 2.47. The Hall–Kier alpha value is -1.83. The third-order valence-electron chi connectivity index (χ3n) is 1.95. The number of nitrogens with zero attached hydrogens (tertiary/aromatic N) is 1. The highest BCUT2D eigenvalue weighted by molar-refractivity contribution is 5.75. The molecular weight excluding hydrogens is 160 g/mol. The fourth-order valence-electron chi connectivity index (χ4n) is 1.22. The van der Waals surface area contributed by atoms with Gasteiger partial charge >= 0.3 is 0 Å². The van der Waals surface area contributed by atoms with Crippen LogP contribution in [0.5, 0.6) is 0 Å². The minimum Gasteiger partial charge on any atom is -0.278 e. The number of H-pyrrole nitrogens is 1. The van der Waals surface area contributed by atoms with Gasteiger partial charge in [-0.3, -0.25) is 5.10 Å². The number of benzene rings is 1. The first kappa shape index (κ1) is 7.80. The second kappa shape index (κ2) is 3.27. The van der Waals surface area contributed by atoms with Crippen LogP contribution in [0.3, 0.4) is 0 Å². The summed E-state index contributed by atoms with van der Waals surface area (Å²) in [5, 5.41) is 6.77. The van der Waals surface area contributed by atoms with Crippen molar-refractivity contribution in [2.45, 2.75) is 0 Å². The highest BCUT2D eigenvalue weighted by Crippen LogP contribution is 2.18. The van der Waals surface area contributed by atoms with E-state index < -0.39 is 0 Å². The topological polar surface area (TPSA) is 28.7 Å². The number of aromatic amines is 1. The Morgan fingerprint density at radius 3 is 2.54 bits per heavy atom. The van der Waals surface area contributed by atoms with Crippen LogP contribution in [-0.4, -0.2) is 10.2 Å². The molecule has 0 unspecified atom stereocenters. The van der Waals surface area contributed by atoms with Crippen molar-refractivity contribution in [1.29, 1.82) is 0 Å². The van der Waals surface area contributed by atoms with Crippen molar-refractivity contribution in [2.24, 2.45) is 0 Å². The standard InChI is InChI=1S/C11H10N2/c1-9(11-7-8-12-13-11)10-5-3-2-4-6-10/h2-8H,1H2,(H,12,13). The summed E-state index contributed by atoms with van der Waals surface area (Å²) in [4.78, 5) is 0. The van der Waals surface area contributed by atoms with Gasteiger partial charge in [0.25, 0.3) is 0 Å². The molecule has 0 fully saturated rings. The third kappa shape index (κ3) is 1.51. The van der Waals surface area contributed by atoms with Crippen molar-refractivity contribution in [3.63, 3.8) is 0 Å². The van der Waals surface area contributed by atoms with Gasteiger partial charge < -0.3 is 0 Å². The van der Waals surface area contributed by atoms with Gasteiger partial charge in [-0.2, -0.15) is 5.10 Å². The Kier molecular flexibility index (Phi) is 1.96. The van der Waals surface area contributed by atoms with Crippen LogP contribution in [0.15, 0.2) is 49.2 Å². The molecule has 0 bridgehead atoms. The predicted molar refractivity (Wildman–Crippen MR) is 53.2 cm³/mol. The summed E-state index contributed by atoms with van der Waals surface area (Å²) in [6.45, 7) is 4.00. The van der Waals surface area contributed by atoms with Crippen LogP contribution in [0.2, 0.25) is 0 Å². The lowest BCUT2D eigenvalue weighted by molar-refractivity contribution is 1.07. The molecule has 0 aliphatic rings. The fourth-order valence-corrected chi connectivity index (χ4v) is 1.22. The highest BCUT2D eigenvalue weighted by atomic mass is 15.1. The first-order valence-corrected chi connectivity index (χ1v) is 4.12. The summed E-state index contributed by atoms with van der Waals surface area (Å²) in [7, 11) is 0. The number of hydrogen-bond acceptors (Lipinski definition) is 1. The van der Waals surface area contributed by atoms with Crippen LogP contribution in [0.1, 0.15) is 11.3 Å². The van der Waals surface area contributed by atoms with Crippen molar-refractivity contribution >= 4 is 5.57 Å². The molecule has 2 aromatic rings. The number of nitrogens with one attached hydrogen (secondary N) is 1. The van der Waals surface area contributed by atoms with Crippen LogP contribution in [-0.2, 0) is 0 Å². The first-order chi connectivity index (χ1) is 6.38. The smallest absolute Gasteiger partial charge is 0.0650 e. The van der Waals surface area contributed by atoms with Gasteiger partial charge in [0.1, 0.15) is 0 Å². The molecule has 2 heteroatoms. The van der Waals surface area contributed by atoms with E-state index >= 15 is 0 Å². The van der Waals surface area contributed by atoms with E-state index in [0.717, 1.165) is 16.8 Å². The molecule has 64 valence electrons. The highest BCUT2D eigenvalue weighted by Gasteiger charge is 2.01. The van der Waals surface area contributed by atoms with Gasteiger partial charge in [-0.25, -0.2) is 0 Å². The zero-order valence-corrected chi connectivity index (χ0v) is 7.20. The van der Waals surface area contributed by atoms with E-state index in [1.165, 1.54) is 0 Å². The molecule has 1 aromatic carbocycles. The molecule has 0 saturated heterocycles. The third-order valence-corrected chi connectivity index (χ3v) is 1.95. The molecule has 0 radical (unpaired) electrons. The van der Waals surface area contributed by atoms with Gasteiger partial charge in [0, 0.05) is 6.20 Å². The van der Waals surface area contributed by atoms with Gasteiger partial charge in [0.2, 0.25) is 0 Å². The molecule has 1 aromatic heterocycles. The SMILES string of the molecule is C=C(c1ccccc1)c1ccn[nH]1. The maximum absolute atomic E-state index is 4.00. The number of hydrogen-bond donors (Lipinski definition) is 1. The first-order valence-electron chi connectivity index (χ1n) is 4.12. The lowest BCUT2D eigenvalue weighted by atomic mass is 10.1. The van der Waals surface area contributed by atoms with Crippen LogP contribution < -0.4 is 0 Å². The quantitative estimate of drug-likeness (QED) is 0.736. The largest absolute Gasteiger partial charge is 0.278 e. The van der Waals surface area contributed by atoms with Gasteiger partial charge in [0.15, 0.2) is 0 Å². The average molecular weight is 170 g/mol. The van der Waals surface area contributed by atoms with Crippen molar-refractivity contribution in [1.82, 2.24) is 10.2 Å². The Bertz CT molecular complexity index is 387. The Labute approximate surface area is 76.9 Å². The molecule has 0 saturated carbocycles. The molecule has 1 heterocycles. The van der Waals surface area contributed by atoms with E-state index in [9.17, 15) is 0 Å². The van der Waals surface area contributed by atoms with Crippen molar-refractivity contribution in [2.75, 3.05) is 0 Å². The molecule has 0 spiro atoms. The summed E-state index contributed by atoms with van der Waals surface area (Å²) in [6.07, 6.45) is 1.73. The summed E-state index contributed by atoms with van der Waals surface area (Å²) in [5.41, 5.74) is 3.05. The van der Waals surface area contributed by atoms with Crippen molar-refractivity contribution in [3.8, 4) is 0 Å². The average Bonchev–Trinajstić information content (AvgIpc) is 2.71. The van der Waals surface area contributed by atoms with Crippen LogP contribution in [0.4, 0.5) is 0 Å². The molecule has 0 atom stereocenters. The monoisotopic (exact) mass is 170 g/mol. The molecule has 13 heavy (non-hydrogen) atoms. The summed E-state index contributed by atoms with van der Waals surface area (Å²) < 4.78 is 0. The summed E-state index contributed by atoms with van der Waals surface area (Å²) in [5.74, 6) is 0. The molecular formula is C11H10N2. The zero-order valence-electron chi connectivity index (χ0n) is 7.20. The Morgan fingerprint density at radius 2 is 1.92 bits per heavy atom. The molecule has 0 aliphatic carbocycles. The lowest BCUT2D eigenvalue weighted by Crippen LogP contribution is -1.85. The van der Waals surface area contributed by atoms with Gasteiger partial charge in [-0.15, -0.1) is 0 Å². The van der Waals surface area contributed by atoms with E-state index in [2.05, 4.69) is 16.8 Å². The number of rotatable bonds is 2.